The summed E-state index contributed by atoms with van der Waals surface area (Å²) in [5.74, 6) is -0.331. The van der Waals surface area contributed by atoms with Crippen LogP contribution in [0, 0.1) is 0 Å². The van der Waals surface area contributed by atoms with Gasteiger partial charge in [0.15, 0.2) is 5.75 Å². The highest BCUT2D eigenvalue weighted by Crippen LogP contribution is 2.39. The van der Waals surface area contributed by atoms with Crippen LogP contribution in [-0.2, 0) is 11.2 Å². The minimum Gasteiger partial charge on any atom is -0.508 e. The number of phenolic OH excluding ortho intramolecular Hbond substituents is 1. The van der Waals surface area contributed by atoms with E-state index in [4.69, 9.17) is 4.74 Å². The van der Waals surface area contributed by atoms with Gasteiger partial charge in [-0.15, -0.1) is 0 Å². The number of ether oxygens (including phenoxy) is 1. The summed E-state index contributed by atoms with van der Waals surface area (Å²) in [5, 5.41) is 22.2. The molecule has 0 aliphatic carbocycles. The number of benzene rings is 3. The second-order valence-electron chi connectivity index (χ2n) is 7.80. The van der Waals surface area contributed by atoms with Gasteiger partial charge in [0.2, 0.25) is 0 Å². The van der Waals surface area contributed by atoms with Crippen molar-refractivity contribution in [2.45, 2.75) is 32.2 Å². The van der Waals surface area contributed by atoms with E-state index in [9.17, 15) is 19.8 Å². The molecule has 0 fully saturated rings. The summed E-state index contributed by atoms with van der Waals surface area (Å²) in [6.07, 6.45) is 0.171. The Morgan fingerprint density at radius 3 is 2.21 bits per heavy atom. The van der Waals surface area contributed by atoms with Gasteiger partial charge < -0.3 is 20.3 Å². The first-order valence-electron chi connectivity index (χ1n) is 10.2. The largest absolute Gasteiger partial charge is 0.508 e. The highest BCUT2D eigenvalue weighted by molar-refractivity contribution is 9.11. The minimum absolute atomic E-state index is 0.115. The van der Waals surface area contributed by atoms with E-state index in [1.165, 1.54) is 0 Å². The lowest BCUT2D eigenvalue weighted by atomic mass is 10.0. The molecule has 3 aromatic rings. The van der Waals surface area contributed by atoms with Crippen LogP contribution in [-0.4, -0.2) is 28.1 Å². The van der Waals surface area contributed by atoms with Crippen molar-refractivity contribution < 1.29 is 24.5 Å². The van der Waals surface area contributed by atoms with Gasteiger partial charge >= 0.3 is 5.97 Å². The molecule has 0 saturated carbocycles. The highest BCUT2D eigenvalue weighted by Gasteiger charge is 2.23. The summed E-state index contributed by atoms with van der Waals surface area (Å²) < 4.78 is 7.01. The number of carboxylic acid groups (broad SMARTS) is 1. The van der Waals surface area contributed by atoms with E-state index >= 15 is 0 Å². The number of rotatable bonds is 8. The first-order valence-corrected chi connectivity index (χ1v) is 11.8. The standard InChI is InChI=1S/C25H23Br2NO5/c1-14(2)18-13-17(8-9-22(18)29)33-23-19(26)11-16(12-20(23)27)24(30)28-21(25(31)32)10-15-6-4-3-5-7-15/h3-9,11-14,21,29H,10H2,1-2H3,(H,28,30)(H,31,32)/t21-/m1/s1. The van der Waals surface area contributed by atoms with E-state index in [0.29, 0.717) is 20.4 Å². The van der Waals surface area contributed by atoms with Gasteiger partial charge in [-0.25, -0.2) is 4.79 Å². The molecule has 6 nitrogen and oxygen atoms in total. The Hall–Kier alpha value is -2.84. The number of hydrogen-bond donors (Lipinski definition) is 3. The minimum atomic E-state index is -1.11. The Bertz CT molecular complexity index is 1140. The van der Waals surface area contributed by atoms with Crippen molar-refractivity contribution in [1.82, 2.24) is 5.32 Å². The second kappa shape index (κ2) is 10.9. The molecule has 0 radical (unpaired) electrons. The number of carbonyl (C=O) groups excluding carboxylic acids is 1. The smallest absolute Gasteiger partial charge is 0.326 e. The first-order chi connectivity index (χ1) is 15.7. The number of carbonyl (C=O) groups is 2. The molecule has 172 valence electrons. The van der Waals surface area contributed by atoms with Crippen molar-refractivity contribution in [2.75, 3.05) is 0 Å². The molecule has 3 aromatic carbocycles. The fraction of sp³-hybridized carbons (Fsp3) is 0.200. The second-order valence-corrected chi connectivity index (χ2v) is 9.51. The fourth-order valence-corrected chi connectivity index (χ4v) is 4.60. The topological polar surface area (TPSA) is 95.9 Å². The number of amides is 1. The number of halogens is 2. The highest BCUT2D eigenvalue weighted by atomic mass is 79.9. The molecule has 0 aliphatic rings. The lowest BCUT2D eigenvalue weighted by Crippen LogP contribution is -2.42. The maximum atomic E-state index is 12.8. The van der Waals surface area contributed by atoms with Crippen molar-refractivity contribution in [1.29, 1.82) is 0 Å². The van der Waals surface area contributed by atoms with Gasteiger partial charge in [-0.1, -0.05) is 44.2 Å². The Morgan fingerprint density at radius 1 is 1.00 bits per heavy atom. The average molecular weight is 577 g/mol. The summed E-state index contributed by atoms with van der Waals surface area (Å²) in [7, 11) is 0. The summed E-state index contributed by atoms with van der Waals surface area (Å²) in [4.78, 5) is 24.5. The third kappa shape index (κ3) is 6.36. The molecule has 0 aromatic heterocycles. The van der Waals surface area contributed by atoms with E-state index in [0.717, 1.165) is 11.1 Å². The van der Waals surface area contributed by atoms with E-state index in [1.807, 2.05) is 44.2 Å². The Kier molecular flexibility index (Phi) is 8.15. The summed E-state index contributed by atoms with van der Waals surface area (Å²) >= 11 is 6.87. The van der Waals surface area contributed by atoms with Crippen LogP contribution in [0.5, 0.6) is 17.2 Å². The summed E-state index contributed by atoms with van der Waals surface area (Å²) in [6.45, 7) is 3.94. The van der Waals surface area contributed by atoms with Crippen molar-refractivity contribution in [3.05, 3.63) is 86.3 Å². The molecule has 0 bridgehead atoms. The summed E-state index contributed by atoms with van der Waals surface area (Å²) in [5.41, 5.74) is 1.84. The van der Waals surface area contributed by atoms with Gasteiger partial charge in [0, 0.05) is 17.5 Å². The maximum Gasteiger partial charge on any atom is 0.326 e. The number of aromatic hydroxyl groups is 1. The molecule has 0 unspecified atom stereocenters. The zero-order valence-electron chi connectivity index (χ0n) is 18.0. The molecule has 1 amide bonds. The Morgan fingerprint density at radius 2 is 1.64 bits per heavy atom. The normalized spacial score (nSPS) is 11.8. The van der Waals surface area contributed by atoms with Gasteiger partial charge in [-0.05, 0) is 73.7 Å². The molecule has 0 heterocycles. The third-order valence-corrected chi connectivity index (χ3v) is 6.17. The van der Waals surface area contributed by atoms with E-state index in [2.05, 4.69) is 37.2 Å². The van der Waals surface area contributed by atoms with Crippen molar-refractivity contribution >= 4 is 43.7 Å². The number of aliphatic carboxylic acids is 1. The predicted molar refractivity (Wildman–Crippen MR) is 133 cm³/mol. The zero-order valence-corrected chi connectivity index (χ0v) is 21.2. The molecule has 3 rings (SSSR count). The van der Waals surface area contributed by atoms with Crippen LogP contribution in [0.3, 0.4) is 0 Å². The van der Waals surface area contributed by atoms with Gasteiger partial charge in [0.1, 0.15) is 17.5 Å². The maximum absolute atomic E-state index is 12.8. The van der Waals surface area contributed by atoms with Crippen LogP contribution >= 0.6 is 31.9 Å². The van der Waals surface area contributed by atoms with Crippen molar-refractivity contribution in [3.8, 4) is 17.2 Å². The van der Waals surface area contributed by atoms with E-state index in [-0.39, 0.29) is 23.7 Å². The number of nitrogens with one attached hydrogen (secondary N) is 1. The molecular weight excluding hydrogens is 554 g/mol. The number of carboxylic acids is 1. The average Bonchev–Trinajstić information content (AvgIpc) is 2.77. The number of phenols is 1. The van der Waals surface area contributed by atoms with Crippen LogP contribution in [0.25, 0.3) is 0 Å². The van der Waals surface area contributed by atoms with E-state index < -0.39 is 17.9 Å². The van der Waals surface area contributed by atoms with Crippen molar-refractivity contribution in [2.24, 2.45) is 0 Å². The molecular formula is C25H23Br2NO5. The van der Waals surface area contributed by atoms with Crippen molar-refractivity contribution in [3.63, 3.8) is 0 Å². The fourth-order valence-electron chi connectivity index (χ4n) is 3.26. The zero-order chi connectivity index (χ0) is 24.1. The molecule has 8 heteroatoms. The third-order valence-electron chi connectivity index (χ3n) is 4.99. The molecule has 0 saturated heterocycles. The monoisotopic (exact) mass is 575 g/mol. The molecule has 1 atom stereocenters. The Balaban J connectivity index is 1.79. The van der Waals surface area contributed by atoms with Gasteiger partial charge in [-0.3, -0.25) is 4.79 Å². The lowest BCUT2D eigenvalue weighted by molar-refractivity contribution is -0.139. The lowest BCUT2D eigenvalue weighted by Gasteiger charge is -2.17. The molecule has 0 spiro atoms. The van der Waals surface area contributed by atoms with Crippen LogP contribution in [0.15, 0.2) is 69.6 Å². The SMILES string of the molecule is CC(C)c1cc(Oc2c(Br)cc(C(=O)N[C@H](Cc3ccccc3)C(=O)O)cc2Br)ccc1O. The molecule has 3 N–H and O–H groups in total. The quantitative estimate of drug-likeness (QED) is 0.294. The van der Waals surface area contributed by atoms with E-state index in [1.54, 1.807) is 30.3 Å². The Labute approximate surface area is 208 Å². The predicted octanol–water partition coefficient (Wildman–Crippen LogP) is 6.26. The van der Waals surface area contributed by atoms with Crippen LogP contribution in [0.2, 0.25) is 0 Å². The van der Waals surface area contributed by atoms with Crippen LogP contribution < -0.4 is 10.1 Å². The first kappa shape index (κ1) is 24.8. The van der Waals surface area contributed by atoms with Gasteiger partial charge in [0.05, 0.1) is 8.95 Å². The number of hydrogen-bond acceptors (Lipinski definition) is 4. The van der Waals surface area contributed by atoms with Gasteiger partial charge in [0.25, 0.3) is 5.91 Å². The van der Waals surface area contributed by atoms with Crippen LogP contribution in [0.4, 0.5) is 0 Å². The molecule has 33 heavy (non-hydrogen) atoms. The van der Waals surface area contributed by atoms with Gasteiger partial charge in [-0.2, -0.15) is 0 Å². The molecule has 0 aliphatic heterocycles. The summed E-state index contributed by atoms with van der Waals surface area (Å²) in [6, 6.07) is 16.2. The van der Waals surface area contributed by atoms with Crippen LogP contribution in [0.1, 0.15) is 41.3 Å².